The minimum Gasteiger partial charge on any atom is -0.361 e. The van der Waals surface area contributed by atoms with E-state index in [1.807, 2.05) is 6.07 Å². The summed E-state index contributed by atoms with van der Waals surface area (Å²) in [4.78, 5) is 21.1. The molecule has 1 aromatic carbocycles. The van der Waals surface area contributed by atoms with Gasteiger partial charge in [0.05, 0.1) is 0 Å². The summed E-state index contributed by atoms with van der Waals surface area (Å²) in [6.45, 7) is 7.93. The third kappa shape index (κ3) is 6.46. The lowest BCUT2D eigenvalue weighted by molar-refractivity contribution is 0.293. The molecule has 0 aliphatic heterocycles. The van der Waals surface area contributed by atoms with Crippen LogP contribution in [-0.2, 0) is 11.0 Å². The molecule has 0 aliphatic rings. The zero-order valence-corrected chi connectivity index (χ0v) is 14.8. The third-order valence-corrected chi connectivity index (χ3v) is 3.71. The second-order valence-corrected chi connectivity index (χ2v) is 6.00. The lowest BCUT2D eigenvalue weighted by Crippen LogP contribution is -2.26. The number of likely N-dealkylation sites (N-methyl/N-ethyl adjacent to an activating group) is 1. The molecule has 0 saturated carbocycles. The van der Waals surface area contributed by atoms with Gasteiger partial charge in [-0.2, -0.15) is 0 Å². The zero-order chi connectivity index (χ0) is 16.5. The zero-order valence-electron chi connectivity index (χ0n) is 13.0. The summed E-state index contributed by atoms with van der Waals surface area (Å²) in [7, 11) is -2.87. The highest BCUT2D eigenvalue weighted by molar-refractivity contribution is 7.80. The summed E-state index contributed by atoms with van der Waals surface area (Å²) in [5, 5.41) is 1.31. The van der Waals surface area contributed by atoms with Gasteiger partial charge in [0.25, 0.3) is 0 Å². The van der Waals surface area contributed by atoms with Gasteiger partial charge in [-0.15, -0.1) is 22.4 Å². The highest BCUT2D eigenvalue weighted by Gasteiger charge is 2.06. The first kappa shape index (κ1) is 19.1. The van der Waals surface area contributed by atoms with Crippen molar-refractivity contribution in [2.24, 2.45) is 0 Å². The van der Waals surface area contributed by atoms with Crippen LogP contribution in [0.15, 0.2) is 29.3 Å². The van der Waals surface area contributed by atoms with E-state index in [0.29, 0.717) is 0 Å². The van der Waals surface area contributed by atoms with Crippen molar-refractivity contribution in [3.8, 4) is 0 Å². The van der Waals surface area contributed by atoms with E-state index in [4.69, 9.17) is 14.4 Å². The second kappa shape index (κ2) is 9.98. The van der Waals surface area contributed by atoms with Crippen LogP contribution in [0.5, 0.6) is 0 Å². The Hall–Kier alpha value is -0.910. The summed E-state index contributed by atoms with van der Waals surface area (Å²) in [6, 6.07) is 6.28. The number of hydrogen-bond donors (Lipinski definition) is 4. The molecule has 0 fully saturated rings. The van der Waals surface area contributed by atoms with Crippen LogP contribution in [0.2, 0.25) is 0 Å². The number of thiol groups is 1. The van der Waals surface area contributed by atoms with Crippen molar-refractivity contribution in [1.82, 2.24) is 9.88 Å². The molecule has 3 N–H and O–H groups in total. The van der Waals surface area contributed by atoms with Crippen LogP contribution in [0.3, 0.4) is 0 Å². The van der Waals surface area contributed by atoms with Crippen LogP contribution < -0.4 is 0 Å². The van der Waals surface area contributed by atoms with Crippen molar-refractivity contribution < 1.29 is 14.4 Å². The molecular weight excluding hydrogens is 319 g/mol. The lowest BCUT2D eigenvalue weighted by atomic mass is 10.1. The molecule has 0 bridgehead atoms. The monoisotopic (exact) mass is 343 g/mol. The molecule has 22 heavy (non-hydrogen) atoms. The third-order valence-electron chi connectivity index (χ3n) is 3.44. The first-order valence-corrected chi connectivity index (χ1v) is 8.95. The summed E-state index contributed by atoms with van der Waals surface area (Å²) >= 11 is 4.42. The van der Waals surface area contributed by atoms with E-state index in [1.54, 1.807) is 0 Å². The fourth-order valence-corrected chi connectivity index (χ4v) is 2.60. The average molecular weight is 343 g/mol. The number of aromatic amines is 1. The van der Waals surface area contributed by atoms with Gasteiger partial charge in [-0.05, 0) is 49.7 Å². The summed E-state index contributed by atoms with van der Waals surface area (Å²) in [5.74, 6) is 0. The van der Waals surface area contributed by atoms with Gasteiger partial charge in [0.15, 0.2) is 0 Å². The van der Waals surface area contributed by atoms with Crippen LogP contribution in [0, 0.1) is 0 Å². The van der Waals surface area contributed by atoms with Crippen molar-refractivity contribution in [2.45, 2.75) is 31.6 Å². The molecular formula is C15H24N2O3PS+. The van der Waals surface area contributed by atoms with Crippen molar-refractivity contribution in [2.75, 3.05) is 19.6 Å². The molecule has 1 heterocycles. The van der Waals surface area contributed by atoms with E-state index in [-0.39, 0.29) is 0 Å². The molecule has 0 aliphatic carbocycles. The Balaban J connectivity index is 0.000000541. The minimum absolute atomic E-state index is 1.03. The van der Waals surface area contributed by atoms with Gasteiger partial charge >= 0.3 is 8.25 Å². The van der Waals surface area contributed by atoms with Crippen LogP contribution in [0.1, 0.15) is 25.8 Å². The maximum Gasteiger partial charge on any atom is 0.692 e. The van der Waals surface area contributed by atoms with Gasteiger partial charge in [-0.3, -0.25) is 0 Å². The molecule has 0 atom stereocenters. The molecule has 2 aromatic rings. The molecule has 0 amide bonds. The molecule has 0 spiro atoms. The van der Waals surface area contributed by atoms with Crippen molar-refractivity contribution in [1.29, 1.82) is 0 Å². The number of aromatic nitrogens is 1. The highest BCUT2D eigenvalue weighted by Crippen LogP contribution is 2.22. The fourth-order valence-electron chi connectivity index (χ4n) is 2.40. The average Bonchev–Trinajstić information content (AvgIpc) is 2.85. The van der Waals surface area contributed by atoms with Gasteiger partial charge < -0.3 is 9.88 Å². The van der Waals surface area contributed by atoms with E-state index in [9.17, 15) is 0 Å². The summed E-state index contributed by atoms with van der Waals surface area (Å²) < 4.78 is 8.70. The molecule has 122 valence electrons. The van der Waals surface area contributed by atoms with Gasteiger partial charge in [0, 0.05) is 33.1 Å². The van der Waals surface area contributed by atoms with Crippen LogP contribution in [0.25, 0.3) is 10.9 Å². The topological polar surface area (TPSA) is 76.6 Å². The molecule has 0 unspecified atom stereocenters. The number of benzene rings is 1. The van der Waals surface area contributed by atoms with Crippen molar-refractivity contribution >= 4 is 31.8 Å². The van der Waals surface area contributed by atoms with E-state index in [0.717, 1.165) is 24.4 Å². The Morgan fingerprint density at radius 3 is 2.55 bits per heavy atom. The lowest BCUT2D eigenvalue weighted by Gasteiger charge is -2.18. The Bertz CT molecular complexity index is 599. The Kier molecular flexibility index (Phi) is 8.68. The highest BCUT2D eigenvalue weighted by atomic mass is 32.1. The van der Waals surface area contributed by atoms with E-state index in [1.165, 1.54) is 29.4 Å². The number of hydrogen-bond acceptors (Lipinski definition) is 3. The molecule has 5 nitrogen and oxygen atoms in total. The number of rotatable bonds is 6. The van der Waals surface area contributed by atoms with Gasteiger partial charge in [0.2, 0.25) is 0 Å². The Labute approximate surface area is 137 Å². The second-order valence-electron chi connectivity index (χ2n) is 4.98. The predicted molar refractivity (Wildman–Crippen MR) is 93.7 cm³/mol. The standard InChI is InChI=1S/C15H22N2S.HO3P/c1-3-8-17(4-2)9-7-12-11-16-15-6-5-13(18)10-14(12)15;1-4(2)3/h5-6,10-11,16,18H,3-4,7-9H2,1-2H3;(H-,1,2,3)/p+1. The van der Waals surface area contributed by atoms with Crippen LogP contribution in [-0.4, -0.2) is 39.3 Å². The Morgan fingerprint density at radius 2 is 1.95 bits per heavy atom. The maximum absolute atomic E-state index is 8.70. The number of fused-ring (bicyclic) bond motifs is 1. The van der Waals surface area contributed by atoms with E-state index in [2.05, 4.69) is 54.7 Å². The fraction of sp³-hybridized carbons (Fsp3) is 0.467. The Morgan fingerprint density at radius 1 is 1.27 bits per heavy atom. The van der Waals surface area contributed by atoms with Crippen molar-refractivity contribution in [3.05, 3.63) is 30.0 Å². The number of nitrogens with one attached hydrogen (secondary N) is 1. The van der Waals surface area contributed by atoms with Crippen LogP contribution >= 0.6 is 20.9 Å². The van der Waals surface area contributed by atoms with Gasteiger partial charge in [-0.1, -0.05) is 13.8 Å². The first-order chi connectivity index (χ1) is 10.5. The quantitative estimate of drug-likeness (QED) is 0.479. The van der Waals surface area contributed by atoms with Crippen molar-refractivity contribution in [3.63, 3.8) is 0 Å². The smallest absolute Gasteiger partial charge is 0.361 e. The van der Waals surface area contributed by atoms with E-state index < -0.39 is 8.25 Å². The summed E-state index contributed by atoms with van der Waals surface area (Å²) in [5.41, 5.74) is 2.61. The summed E-state index contributed by atoms with van der Waals surface area (Å²) in [6.07, 6.45) is 4.46. The van der Waals surface area contributed by atoms with E-state index >= 15 is 0 Å². The maximum atomic E-state index is 8.70. The number of H-pyrrole nitrogens is 1. The SMILES string of the molecule is CCCN(CC)CCc1c[nH]c2ccc(S)cc12.O=[P+](O)O. The minimum atomic E-state index is -2.87. The first-order valence-electron chi connectivity index (χ1n) is 7.34. The predicted octanol–water partition coefficient (Wildman–Crippen LogP) is 3.36. The van der Waals surface area contributed by atoms with Crippen LogP contribution in [0.4, 0.5) is 0 Å². The molecule has 7 heteroatoms. The van der Waals surface area contributed by atoms with Gasteiger partial charge in [0.1, 0.15) is 0 Å². The molecule has 0 saturated heterocycles. The van der Waals surface area contributed by atoms with Gasteiger partial charge in [-0.25, -0.2) is 0 Å². The normalized spacial score (nSPS) is 10.6. The largest absolute Gasteiger partial charge is 0.692 e. The molecule has 2 rings (SSSR count). The molecule has 1 aromatic heterocycles. The number of nitrogens with zero attached hydrogens (tertiary/aromatic N) is 1. The molecule has 0 radical (unpaired) electrons.